The van der Waals surface area contributed by atoms with E-state index in [1.165, 1.54) is 30.1 Å². The van der Waals surface area contributed by atoms with E-state index >= 15 is 0 Å². The largest absolute Gasteiger partial charge is 0.369 e. The first-order chi connectivity index (χ1) is 14.3. The first-order valence-electron chi connectivity index (χ1n) is 9.08. The summed E-state index contributed by atoms with van der Waals surface area (Å²) in [5, 5.41) is 0. The number of nitrogens with two attached hydrogens (primary N) is 1. The van der Waals surface area contributed by atoms with Gasteiger partial charge in [-0.2, -0.15) is 0 Å². The van der Waals surface area contributed by atoms with Crippen LogP contribution in [0.5, 0.6) is 0 Å². The highest BCUT2D eigenvalue weighted by atomic mass is 19.3. The highest BCUT2D eigenvalue weighted by Gasteiger charge is 2.50. The summed E-state index contributed by atoms with van der Waals surface area (Å²) in [4.78, 5) is 22.9. The van der Waals surface area contributed by atoms with Crippen molar-refractivity contribution in [1.82, 2.24) is 9.88 Å². The molecule has 3 aromatic rings. The van der Waals surface area contributed by atoms with Crippen molar-refractivity contribution in [2.75, 3.05) is 7.05 Å². The van der Waals surface area contributed by atoms with E-state index in [0.717, 1.165) is 6.20 Å². The van der Waals surface area contributed by atoms with Crippen LogP contribution in [0.3, 0.4) is 0 Å². The Labute approximate surface area is 170 Å². The van der Waals surface area contributed by atoms with E-state index in [0.29, 0.717) is 16.7 Å². The normalized spacial score (nSPS) is 18.8. The topological polar surface area (TPSA) is 71.6 Å². The van der Waals surface area contributed by atoms with Crippen molar-refractivity contribution in [2.24, 2.45) is 10.7 Å². The lowest BCUT2D eigenvalue weighted by Crippen LogP contribution is -2.41. The molecular formula is C22H17F3N4O. The molecule has 0 saturated heterocycles. The van der Waals surface area contributed by atoms with Crippen LogP contribution in [-0.4, -0.2) is 28.8 Å². The van der Waals surface area contributed by atoms with Gasteiger partial charge in [-0.25, -0.2) is 18.2 Å². The molecule has 0 fully saturated rings. The second-order valence-corrected chi connectivity index (χ2v) is 6.88. The monoisotopic (exact) mass is 410 g/mol. The van der Waals surface area contributed by atoms with Gasteiger partial charge in [0, 0.05) is 24.4 Å². The average molecular weight is 410 g/mol. The number of alkyl halides is 2. The van der Waals surface area contributed by atoms with Crippen LogP contribution in [-0.2, 0) is 10.3 Å². The lowest BCUT2D eigenvalue weighted by Gasteiger charge is -2.25. The lowest BCUT2D eigenvalue weighted by atomic mass is 9.84. The predicted molar refractivity (Wildman–Crippen MR) is 106 cm³/mol. The third-order valence-corrected chi connectivity index (χ3v) is 5.11. The average Bonchev–Trinajstić information content (AvgIpc) is 2.99. The van der Waals surface area contributed by atoms with Crippen LogP contribution in [0.1, 0.15) is 23.2 Å². The number of aromatic nitrogens is 1. The van der Waals surface area contributed by atoms with Crippen molar-refractivity contribution in [3.8, 4) is 11.1 Å². The molecule has 0 aliphatic carbocycles. The minimum atomic E-state index is -2.69. The molecule has 8 heteroatoms. The summed E-state index contributed by atoms with van der Waals surface area (Å²) in [5.41, 5.74) is 5.43. The second kappa shape index (κ2) is 7.29. The minimum absolute atomic E-state index is 0.0315. The fraction of sp³-hybridized carbons (Fsp3) is 0.136. The molecule has 1 aliphatic rings. The smallest absolute Gasteiger partial charge is 0.267 e. The van der Waals surface area contributed by atoms with Crippen molar-refractivity contribution < 1.29 is 18.0 Å². The molecule has 2 heterocycles. The van der Waals surface area contributed by atoms with Crippen LogP contribution in [0.2, 0.25) is 0 Å². The maximum Gasteiger partial charge on any atom is 0.267 e. The van der Waals surface area contributed by atoms with E-state index in [1.54, 1.807) is 42.5 Å². The Morgan fingerprint density at radius 1 is 1.07 bits per heavy atom. The van der Waals surface area contributed by atoms with Gasteiger partial charge in [0.25, 0.3) is 12.3 Å². The van der Waals surface area contributed by atoms with Gasteiger partial charge < -0.3 is 5.73 Å². The molecule has 30 heavy (non-hydrogen) atoms. The molecular weight excluding hydrogens is 393 g/mol. The summed E-state index contributed by atoms with van der Waals surface area (Å²) >= 11 is 0. The number of rotatable bonds is 4. The number of amides is 1. The molecule has 1 atom stereocenters. The number of halogens is 3. The highest BCUT2D eigenvalue weighted by molar-refractivity contribution is 6.08. The van der Waals surface area contributed by atoms with E-state index in [1.807, 2.05) is 0 Å². The van der Waals surface area contributed by atoms with E-state index in [-0.39, 0.29) is 17.2 Å². The fourth-order valence-corrected chi connectivity index (χ4v) is 3.50. The van der Waals surface area contributed by atoms with Gasteiger partial charge >= 0.3 is 0 Å². The van der Waals surface area contributed by atoms with Gasteiger partial charge in [-0.15, -0.1) is 0 Å². The molecule has 1 aliphatic heterocycles. The van der Waals surface area contributed by atoms with Crippen LogP contribution in [0, 0.1) is 5.82 Å². The highest BCUT2D eigenvalue weighted by Crippen LogP contribution is 2.40. The van der Waals surface area contributed by atoms with Crippen LogP contribution >= 0.6 is 0 Å². The van der Waals surface area contributed by atoms with Crippen molar-refractivity contribution in [2.45, 2.75) is 12.0 Å². The molecule has 1 amide bonds. The zero-order chi connectivity index (χ0) is 21.5. The standard InChI is InChI=1S/C22H17F3N4O/c1-29-20(30)22(28-21(29)26,18-10-9-14(12-27-18)19(24)25)15-6-4-5-13(11-15)16-7-2-3-8-17(16)23/h2-12,19H,1H3,(H2,26,28). The van der Waals surface area contributed by atoms with Gasteiger partial charge in [-0.1, -0.05) is 36.4 Å². The summed E-state index contributed by atoms with van der Waals surface area (Å²) < 4.78 is 40.3. The Morgan fingerprint density at radius 3 is 2.43 bits per heavy atom. The Kier molecular flexibility index (Phi) is 4.77. The number of hydrogen-bond donors (Lipinski definition) is 1. The van der Waals surface area contributed by atoms with Gasteiger partial charge in [-0.3, -0.25) is 14.7 Å². The molecule has 0 bridgehead atoms. The maximum atomic E-state index is 14.3. The van der Waals surface area contributed by atoms with Crippen molar-refractivity contribution >= 4 is 11.9 Å². The number of carbonyl (C=O) groups is 1. The van der Waals surface area contributed by atoms with Crippen molar-refractivity contribution in [1.29, 1.82) is 0 Å². The number of nitrogens with zero attached hydrogens (tertiary/aromatic N) is 3. The molecule has 0 radical (unpaired) electrons. The summed E-state index contributed by atoms with van der Waals surface area (Å²) in [6.07, 6.45) is -1.68. The van der Waals surface area contributed by atoms with Gasteiger partial charge in [0.15, 0.2) is 5.96 Å². The zero-order valence-electron chi connectivity index (χ0n) is 15.9. The number of hydrogen-bond acceptors (Lipinski definition) is 4. The minimum Gasteiger partial charge on any atom is -0.369 e. The van der Waals surface area contributed by atoms with Crippen LogP contribution in [0.15, 0.2) is 71.9 Å². The van der Waals surface area contributed by atoms with Gasteiger partial charge in [0.1, 0.15) is 5.82 Å². The van der Waals surface area contributed by atoms with Gasteiger partial charge in [-0.05, 0) is 35.4 Å². The first kappa shape index (κ1) is 19.6. The SMILES string of the molecule is CN1C(=O)C(c2cccc(-c3ccccc3F)c2)(c2ccc(C(F)F)cn2)N=C1N. The van der Waals surface area contributed by atoms with Crippen molar-refractivity contribution in [3.63, 3.8) is 0 Å². The molecule has 0 saturated carbocycles. The number of benzene rings is 2. The molecule has 1 unspecified atom stereocenters. The van der Waals surface area contributed by atoms with Crippen molar-refractivity contribution in [3.05, 3.63) is 89.5 Å². The zero-order valence-corrected chi connectivity index (χ0v) is 15.9. The lowest BCUT2D eigenvalue weighted by molar-refractivity contribution is -0.129. The Morgan fingerprint density at radius 2 is 1.83 bits per heavy atom. The number of carbonyl (C=O) groups excluding carboxylic acids is 1. The summed E-state index contributed by atoms with van der Waals surface area (Å²) in [6.45, 7) is 0. The van der Waals surface area contributed by atoms with Gasteiger partial charge in [0.2, 0.25) is 5.54 Å². The van der Waals surface area contributed by atoms with Crippen LogP contribution in [0.4, 0.5) is 13.2 Å². The van der Waals surface area contributed by atoms with E-state index in [2.05, 4.69) is 9.98 Å². The maximum absolute atomic E-state index is 14.3. The van der Waals surface area contributed by atoms with Crippen LogP contribution < -0.4 is 5.73 Å². The molecule has 5 nitrogen and oxygen atoms in total. The van der Waals surface area contributed by atoms with E-state index < -0.39 is 23.7 Å². The number of pyridine rings is 1. The van der Waals surface area contributed by atoms with Crippen LogP contribution in [0.25, 0.3) is 11.1 Å². The number of guanidine groups is 1. The summed E-state index contributed by atoms with van der Waals surface area (Å²) in [6, 6.07) is 15.5. The molecule has 152 valence electrons. The van der Waals surface area contributed by atoms with E-state index in [9.17, 15) is 18.0 Å². The Hall–Kier alpha value is -3.68. The summed E-state index contributed by atoms with van der Waals surface area (Å²) in [7, 11) is 1.47. The molecule has 2 N–H and O–H groups in total. The number of likely N-dealkylation sites (N-methyl/N-ethyl adjacent to an activating group) is 1. The molecule has 1 aromatic heterocycles. The third-order valence-electron chi connectivity index (χ3n) is 5.11. The summed E-state index contributed by atoms with van der Waals surface area (Å²) in [5.74, 6) is -0.931. The fourth-order valence-electron chi connectivity index (χ4n) is 3.50. The van der Waals surface area contributed by atoms with Gasteiger partial charge in [0.05, 0.1) is 5.69 Å². The quantitative estimate of drug-likeness (QED) is 0.710. The Balaban J connectivity index is 1.92. The molecule has 2 aromatic carbocycles. The van der Waals surface area contributed by atoms with E-state index in [4.69, 9.17) is 5.73 Å². The third kappa shape index (κ3) is 3.01. The molecule has 4 rings (SSSR count). The second-order valence-electron chi connectivity index (χ2n) is 6.88. The number of aliphatic imine (C=N–C) groups is 1. The Bertz CT molecular complexity index is 1150. The first-order valence-corrected chi connectivity index (χ1v) is 9.08. The molecule has 0 spiro atoms. The predicted octanol–water partition coefficient (Wildman–Crippen LogP) is 3.86.